The third-order valence-electron chi connectivity index (χ3n) is 9.90. The van der Waals surface area contributed by atoms with E-state index in [1.54, 1.807) is 48.5 Å². The molecule has 8 rings (SSSR count). The van der Waals surface area contributed by atoms with Crippen LogP contribution in [0.2, 0.25) is 0 Å². The second kappa shape index (κ2) is 19.2. The Morgan fingerprint density at radius 1 is 0.483 bits per heavy atom. The van der Waals surface area contributed by atoms with Crippen LogP contribution in [0.25, 0.3) is 16.7 Å². The van der Waals surface area contributed by atoms with Gasteiger partial charge in [0.05, 0.1) is 0 Å². The molecule has 0 saturated heterocycles. The van der Waals surface area contributed by atoms with Crippen LogP contribution in [0.3, 0.4) is 0 Å². The number of rotatable bonds is 6. The monoisotopic (exact) mass is 864 g/mol. The summed E-state index contributed by atoms with van der Waals surface area (Å²) in [5.74, 6) is 2.41. The zero-order valence-electron chi connectivity index (χ0n) is 35.2. The molecule has 308 valence electrons. The van der Waals surface area contributed by atoms with E-state index in [1.165, 1.54) is 49.0 Å². The van der Waals surface area contributed by atoms with Crippen molar-refractivity contribution < 1.29 is 29.7 Å². The van der Waals surface area contributed by atoms with E-state index < -0.39 is 7.12 Å². The number of halogens is 1. The van der Waals surface area contributed by atoms with Gasteiger partial charge in [0, 0.05) is 4.48 Å². The predicted octanol–water partition coefficient (Wildman–Crippen LogP) is 11.5. The molecule has 0 amide bonds. The average Bonchev–Trinajstić information content (AvgIpc) is 3.21. The predicted molar refractivity (Wildman–Crippen MR) is 250 cm³/mol. The van der Waals surface area contributed by atoms with E-state index in [-0.39, 0.29) is 22.7 Å². The number of fused-ring (bicyclic) bond motifs is 2. The molecule has 6 aromatic carbocycles. The van der Waals surface area contributed by atoms with Gasteiger partial charge in [0.25, 0.3) is 0 Å². The number of ether oxygens (including phenoxy) is 2. The fraction of sp³-hybridized carbons (Fsp3) is 0.231. The SMILES string of the molecule is CC(C)(C)Oc1ccc2c(c1)CCC(Br)=C2c1ccc(O)cc1.CC(C)(C)Oc1ccc2c(c1)CCC(c1ccccc1)=C2c1ccc(O)cc1.OB(O)c1ccccc1. The minimum Gasteiger partial charge on any atom is -0.508 e. The van der Waals surface area contributed by atoms with E-state index in [2.05, 4.69) is 118 Å². The van der Waals surface area contributed by atoms with Crippen LogP contribution in [0.4, 0.5) is 0 Å². The van der Waals surface area contributed by atoms with Crippen molar-refractivity contribution in [3.63, 3.8) is 0 Å². The summed E-state index contributed by atoms with van der Waals surface area (Å²) in [6.45, 7) is 12.4. The van der Waals surface area contributed by atoms with Crippen LogP contribution in [0.5, 0.6) is 23.0 Å². The molecule has 8 heteroatoms. The minimum absolute atomic E-state index is 0.195. The highest BCUT2D eigenvalue weighted by molar-refractivity contribution is 9.11. The quantitative estimate of drug-likeness (QED) is 0.125. The molecular weight excluding hydrogens is 811 g/mol. The molecule has 6 aromatic rings. The van der Waals surface area contributed by atoms with Crippen molar-refractivity contribution in [2.45, 2.75) is 78.4 Å². The van der Waals surface area contributed by atoms with Crippen molar-refractivity contribution in [2.75, 3.05) is 0 Å². The molecule has 0 atom stereocenters. The molecule has 0 radical (unpaired) electrons. The van der Waals surface area contributed by atoms with Crippen LogP contribution < -0.4 is 14.9 Å². The highest BCUT2D eigenvalue weighted by Crippen LogP contribution is 2.43. The van der Waals surface area contributed by atoms with E-state index in [4.69, 9.17) is 19.5 Å². The lowest BCUT2D eigenvalue weighted by molar-refractivity contribution is 0.130. The third kappa shape index (κ3) is 11.8. The maximum atomic E-state index is 9.75. The lowest BCUT2D eigenvalue weighted by Crippen LogP contribution is -2.29. The van der Waals surface area contributed by atoms with Gasteiger partial charge in [0.2, 0.25) is 0 Å². The van der Waals surface area contributed by atoms with Gasteiger partial charge in [-0.1, -0.05) is 113 Å². The topological polar surface area (TPSA) is 99.4 Å². The first kappa shape index (κ1) is 44.0. The van der Waals surface area contributed by atoms with Crippen molar-refractivity contribution in [3.05, 3.63) is 189 Å². The Hall–Kier alpha value is -5.54. The third-order valence-corrected chi connectivity index (χ3v) is 10.7. The zero-order chi connectivity index (χ0) is 43.0. The van der Waals surface area contributed by atoms with E-state index in [0.29, 0.717) is 5.46 Å². The Kier molecular flexibility index (Phi) is 14.1. The van der Waals surface area contributed by atoms with Gasteiger partial charge in [0.15, 0.2) is 0 Å². The molecule has 0 bridgehead atoms. The van der Waals surface area contributed by atoms with Crippen LogP contribution in [-0.2, 0) is 12.8 Å². The number of benzene rings is 6. The molecule has 0 heterocycles. The number of aromatic hydroxyl groups is 2. The largest absolute Gasteiger partial charge is 0.508 e. The van der Waals surface area contributed by atoms with Crippen LogP contribution in [0.1, 0.15) is 93.3 Å². The smallest absolute Gasteiger partial charge is 0.488 e. The zero-order valence-corrected chi connectivity index (χ0v) is 36.8. The number of phenolic OH excluding ortho intramolecular Hbond substituents is 2. The standard InChI is InChI=1S/C26H26O2.C20H21BrO2.C6H7BO2/c1-26(2,3)28-22-14-16-24-20(17-22)11-15-23(18-7-5-4-6-8-18)25(24)19-9-12-21(27)13-10-19;1-20(2,3)23-16-9-10-17-14(12-16)6-11-18(21)19(17)13-4-7-15(22)8-5-13;8-7(9)6-4-2-1-3-5-6/h4-10,12-14,16-17,27H,11,15H2,1-3H3;4-5,7-10,12,22H,6,11H2,1-3H3;1-5,8-9H. The lowest BCUT2D eigenvalue weighted by atomic mass is 9.79. The highest BCUT2D eigenvalue weighted by Gasteiger charge is 2.24. The van der Waals surface area contributed by atoms with Gasteiger partial charge < -0.3 is 29.7 Å². The average molecular weight is 866 g/mol. The van der Waals surface area contributed by atoms with Crippen molar-refractivity contribution in [1.82, 2.24) is 0 Å². The first-order valence-electron chi connectivity index (χ1n) is 20.4. The fourth-order valence-corrected chi connectivity index (χ4v) is 8.03. The molecule has 0 unspecified atom stereocenters. The molecule has 2 aliphatic rings. The Balaban J connectivity index is 0.000000169. The van der Waals surface area contributed by atoms with E-state index in [1.807, 2.05) is 36.4 Å². The van der Waals surface area contributed by atoms with Crippen molar-refractivity contribution in [1.29, 1.82) is 0 Å². The summed E-state index contributed by atoms with van der Waals surface area (Å²) in [5, 5.41) is 36.4. The molecule has 6 nitrogen and oxygen atoms in total. The number of aryl methyl sites for hydroxylation is 2. The maximum absolute atomic E-state index is 9.75. The second-order valence-corrected chi connectivity index (χ2v) is 17.9. The van der Waals surface area contributed by atoms with Crippen molar-refractivity contribution in [3.8, 4) is 23.0 Å². The Labute approximate surface area is 363 Å². The number of allylic oxidation sites excluding steroid dienone is 2. The Morgan fingerprint density at radius 3 is 1.37 bits per heavy atom. The number of hydrogen-bond donors (Lipinski definition) is 4. The van der Waals surface area contributed by atoms with Gasteiger partial charge in [-0.25, -0.2) is 0 Å². The first-order chi connectivity index (χ1) is 28.5. The van der Waals surface area contributed by atoms with Crippen LogP contribution in [0.15, 0.2) is 150 Å². The molecular formula is C52H54BBrO6. The van der Waals surface area contributed by atoms with Gasteiger partial charge in [-0.3, -0.25) is 0 Å². The van der Waals surface area contributed by atoms with E-state index in [0.717, 1.165) is 48.3 Å². The molecule has 2 aliphatic carbocycles. The van der Waals surface area contributed by atoms with Gasteiger partial charge in [-0.2, -0.15) is 0 Å². The van der Waals surface area contributed by atoms with Crippen molar-refractivity contribution >= 4 is 45.2 Å². The molecule has 0 saturated carbocycles. The van der Waals surface area contributed by atoms with Gasteiger partial charge >= 0.3 is 7.12 Å². The Bertz CT molecular complexity index is 2430. The lowest BCUT2D eigenvalue weighted by Gasteiger charge is -2.27. The fourth-order valence-electron chi connectivity index (χ4n) is 7.39. The maximum Gasteiger partial charge on any atom is 0.488 e. The second-order valence-electron chi connectivity index (χ2n) is 16.9. The highest BCUT2D eigenvalue weighted by atomic mass is 79.9. The van der Waals surface area contributed by atoms with Gasteiger partial charge in [-0.15, -0.1) is 0 Å². The summed E-state index contributed by atoms with van der Waals surface area (Å²) >= 11 is 3.73. The minimum atomic E-state index is -1.34. The van der Waals surface area contributed by atoms with E-state index in [9.17, 15) is 10.2 Å². The molecule has 0 aliphatic heterocycles. The van der Waals surface area contributed by atoms with Crippen LogP contribution >= 0.6 is 15.9 Å². The van der Waals surface area contributed by atoms with E-state index >= 15 is 0 Å². The summed E-state index contributed by atoms with van der Waals surface area (Å²) in [7, 11) is -1.34. The molecule has 60 heavy (non-hydrogen) atoms. The molecule has 0 aromatic heterocycles. The summed E-state index contributed by atoms with van der Waals surface area (Å²) in [5.41, 5.74) is 12.5. The van der Waals surface area contributed by atoms with Gasteiger partial charge in [0.1, 0.15) is 34.2 Å². The number of phenols is 2. The summed E-state index contributed by atoms with van der Waals surface area (Å²) in [6, 6.07) is 46.9. The normalized spacial score (nSPS) is 13.5. The first-order valence-corrected chi connectivity index (χ1v) is 21.2. The summed E-state index contributed by atoms with van der Waals surface area (Å²) in [6.07, 6.45) is 3.94. The molecule has 0 fully saturated rings. The Morgan fingerprint density at radius 2 is 0.917 bits per heavy atom. The molecule has 4 N–H and O–H groups in total. The van der Waals surface area contributed by atoms with Crippen molar-refractivity contribution in [2.24, 2.45) is 0 Å². The summed E-state index contributed by atoms with van der Waals surface area (Å²) < 4.78 is 13.3. The molecule has 0 spiro atoms. The number of hydrogen-bond acceptors (Lipinski definition) is 6. The van der Waals surface area contributed by atoms with Crippen LogP contribution in [0, 0.1) is 0 Å². The van der Waals surface area contributed by atoms with Crippen LogP contribution in [-0.4, -0.2) is 38.6 Å². The van der Waals surface area contributed by atoms with Gasteiger partial charge in [-0.05, 0) is 177 Å². The summed E-state index contributed by atoms with van der Waals surface area (Å²) in [4.78, 5) is 0.